The van der Waals surface area contributed by atoms with Crippen LogP contribution in [0.3, 0.4) is 0 Å². The molecule has 112 valence electrons. The van der Waals surface area contributed by atoms with Gasteiger partial charge in [-0.1, -0.05) is 47.5 Å². The van der Waals surface area contributed by atoms with E-state index in [4.69, 9.17) is 23.2 Å². The van der Waals surface area contributed by atoms with Crippen molar-refractivity contribution < 1.29 is 4.79 Å². The molecule has 0 saturated carbocycles. The van der Waals surface area contributed by atoms with E-state index < -0.39 is 0 Å². The highest BCUT2D eigenvalue weighted by molar-refractivity contribution is 6.32. The Bertz CT molecular complexity index is 754. The molecule has 2 aromatic carbocycles. The fourth-order valence-electron chi connectivity index (χ4n) is 2.75. The van der Waals surface area contributed by atoms with Crippen LogP contribution >= 0.6 is 23.2 Å². The number of likely N-dealkylation sites (N-methyl/N-ethyl adjacent to an activating group) is 1. The lowest BCUT2D eigenvalue weighted by Gasteiger charge is -2.29. The van der Waals surface area contributed by atoms with E-state index in [-0.39, 0.29) is 11.7 Å². The normalized spacial score (nSPS) is 18.3. The number of carbonyl (C=O) groups is 1. The van der Waals surface area contributed by atoms with Crippen LogP contribution in [0, 0.1) is 0 Å². The molecule has 2 nitrogen and oxygen atoms in total. The van der Waals surface area contributed by atoms with Crippen molar-refractivity contribution in [3.05, 3.63) is 75.9 Å². The van der Waals surface area contributed by atoms with E-state index in [0.29, 0.717) is 22.2 Å². The molecule has 0 fully saturated rings. The van der Waals surface area contributed by atoms with Crippen molar-refractivity contribution in [2.75, 3.05) is 13.6 Å². The molecule has 0 bridgehead atoms. The largest absolute Gasteiger partial charge is 0.379 e. The van der Waals surface area contributed by atoms with Crippen molar-refractivity contribution >= 4 is 34.6 Å². The maximum Gasteiger partial charge on any atom is 0.174 e. The Labute approximate surface area is 140 Å². The highest BCUT2D eigenvalue weighted by Crippen LogP contribution is 2.32. The molecular weight excluding hydrogens is 317 g/mol. The van der Waals surface area contributed by atoms with Crippen LogP contribution in [-0.2, 0) is 4.79 Å². The maximum absolute atomic E-state index is 12.9. The second kappa shape index (κ2) is 6.15. The number of rotatable bonds is 2. The van der Waals surface area contributed by atoms with Crippen LogP contribution in [-0.4, -0.2) is 24.3 Å². The standard InChI is InChI=1S/C18H15Cl2NO/c1-21-10-16(12-4-2-6-14(19)8-12)18(22)17(11-21)13-5-3-7-15(20)9-13/h2-10,17H,11H2,1H3. The zero-order chi connectivity index (χ0) is 15.7. The summed E-state index contributed by atoms with van der Waals surface area (Å²) >= 11 is 12.1. The average molecular weight is 332 g/mol. The number of hydrogen-bond acceptors (Lipinski definition) is 2. The van der Waals surface area contributed by atoms with Crippen LogP contribution in [0.1, 0.15) is 17.0 Å². The number of nitrogens with zero attached hydrogens (tertiary/aromatic N) is 1. The summed E-state index contributed by atoms with van der Waals surface area (Å²) < 4.78 is 0. The summed E-state index contributed by atoms with van der Waals surface area (Å²) in [6, 6.07) is 14.9. The number of allylic oxidation sites excluding steroid dienone is 1. The number of hydrogen-bond donors (Lipinski definition) is 0. The quantitative estimate of drug-likeness (QED) is 0.799. The molecule has 1 atom stereocenters. The van der Waals surface area contributed by atoms with E-state index in [9.17, 15) is 4.79 Å². The van der Waals surface area contributed by atoms with Crippen molar-refractivity contribution in [3.8, 4) is 0 Å². The van der Waals surface area contributed by atoms with Gasteiger partial charge in [0.15, 0.2) is 5.78 Å². The first kappa shape index (κ1) is 15.1. The molecule has 0 radical (unpaired) electrons. The lowest BCUT2D eigenvalue weighted by atomic mass is 9.85. The minimum absolute atomic E-state index is 0.0997. The van der Waals surface area contributed by atoms with E-state index in [1.165, 1.54) is 0 Å². The summed E-state index contributed by atoms with van der Waals surface area (Å²) in [4.78, 5) is 14.9. The minimum Gasteiger partial charge on any atom is -0.379 e. The van der Waals surface area contributed by atoms with Gasteiger partial charge in [0.1, 0.15) is 0 Å². The molecule has 1 aliphatic rings. The van der Waals surface area contributed by atoms with Crippen LogP contribution in [0.5, 0.6) is 0 Å². The van der Waals surface area contributed by atoms with Crippen LogP contribution < -0.4 is 0 Å². The fraction of sp³-hybridized carbons (Fsp3) is 0.167. The monoisotopic (exact) mass is 331 g/mol. The lowest BCUT2D eigenvalue weighted by molar-refractivity contribution is -0.115. The van der Waals surface area contributed by atoms with Gasteiger partial charge in [-0.25, -0.2) is 0 Å². The first-order valence-corrected chi connectivity index (χ1v) is 7.78. The Hall–Kier alpha value is -1.77. The second-order valence-electron chi connectivity index (χ2n) is 5.46. The molecule has 1 heterocycles. The first-order chi connectivity index (χ1) is 10.5. The zero-order valence-electron chi connectivity index (χ0n) is 12.1. The summed E-state index contributed by atoms with van der Waals surface area (Å²) in [7, 11) is 1.97. The van der Waals surface area contributed by atoms with Crippen molar-refractivity contribution in [2.45, 2.75) is 5.92 Å². The van der Waals surface area contributed by atoms with Crippen molar-refractivity contribution in [3.63, 3.8) is 0 Å². The molecule has 0 N–H and O–H groups in total. The topological polar surface area (TPSA) is 20.3 Å². The Morgan fingerprint density at radius 1 is 1.05 bits per heavy atom. The van der Waals surface area contributed by atoms with Gasteiger partial charge in [0.2, 0.25) is 0 Å². The third-order valence-corrected chi connectivity index (χ3v) is 4.26. The number of Topliss-reactive ketones (excluding diaryl/α,β-unsaturated/α-hetero) is 1. The summed E-state index contributed by atoms with van der Waals surface area (Å²) in [6.45, 7) is 0.642. The number of ketones is 1. The Morgan fingerprint density at radius 3 is 2.41 bits per heavy atom. The number of halogens is 2. The molecule has 3 rings (SSSR count). The highest BCUT2D eigenvalue weighted by atomic mass is 35.5. The molecule has 22 heavy (non-hydrogen) atoms. The van der Waals surface area contributed by atoms with Gasteiger partial charge in [0, 0.05) is 35.4 Å². The molecule has 0 saturated heterocycles. The van der Waals surface area contributed by atoms with Gasteiger partial charge in [0.05, 0.1) is 5.92 Å². The van der Waals surface area contributed by atoms with Gasteiger partial charge in [-0.2, -0.15) is 0 Å². The van der Waals surface area contributed by atoms with Gasteiger partial charge in [0.25, 0.3) is 0 Å². The molecular formula is C18H15Cl2NO. The summed E-state index contributed by atoms with van der Waals surface area (Å²) in [5.74, 6) is -0.120. The molecule has 0 aliphatic carbocycles. The SMILES string of the molecule is CN1C=C(c2cccc(Cl)c2)C(=O)C(c2cccc(Cl)c2)C1. The lowest BCUT2D eigenvalue weighted by Crippen LogP contribution is -2.31. The molecule has 1 aliphatic heterocycles. The van der Waals surface area contributed by atoms with Crippen molar-refractivity contribution in [1.82, 2.24) is 4.90 Å². The van der Waals surface area contributed by atoms with E-state index >= 15 is 0 Å². The van der Waals surface area contributed by atoms with Crippen LogP contribution in [0.2, 0.25) is 10.0 Å². The van der Waals surface area contributed by atoms with E-state index in [0.717, 1.165) is 11.1 Å². The fourth-order valence-corrected chi connectivity index (χ4v) is 3.14. The van der Waals surface area contributed by atoms with E-state index in [1.54, 1.807) is 6.07 Å². The Kier molecular flexibility index (Phi) is 4.23. The molecule has 2 aromatic rings. The predicted molar refractivity (Wildman–Crippen MR) is 91.3 cm³/mol. The van der Waals surface area contributed by atoms with Gasteiger partial charge in [-0.3, -0.25) is 4.79 Å². The molecule has 4 heteroatoms. The average Bonchev–Trinajstić information content (AvgIpc) is 2.49. The first-order valence-electron chi connectivity index (χ1n) is 7.02. The third-order valence-electron chi connectivity index (χ3n) is 3.79. The summed E-state index contributed by atoms with van der Waals surface area (Å²) in [6.07, 6.45) is 1.88. The van der Waals surface area contributed by atoms with Gasteiger partial charge < -0.3 is 4.90 Å². The molecule has 0 spiro atoms. The second-order valence-corrected chi connectivity index (χ2v) is 6.34. The molecule has 1 unspecified atom stereocenters. The Morgan fingerprint density at radius 2 is 1.73 bits per heavy atom. The van der Waals surface area contributed by atoms with Gasteiger partial charge in [-0.05, 0) is 35.4 Å². The van der Waals surface area contributed by atoms with Crippen LogP contribution in [0.25, 0.3) is 5.57 Å². The molecule has 0 amide bonds. The maximum atomic E-state index is 12.9. The number of benzene rings is 2. The van der Waals surface area contributed by atoms with E-state index in [2.05, 4.69) is 0 Å². The van der Waals surface area contributed by atoms with Crippen LogP contribution in [0.15, 0.2) is 54.7 Å². The summed E-state index contributed by atoms with van der Waals surface area (Å²) in [5.41, 5.74) is 2.47. The van der Waals surface area contributed by atoms with Crippen LogP contribution in [0.4, 0.5) is 0 Å². The number of carbonyl (C=O) groups excluding carboxylic acids is 1. The highest BCUT2D eigenvalue weighted by Gasteiger charge is 2.30. The summed E-state index contributed by atoms with van der Waals surface area (Å²) in [5, 5.41) is 1.27. The zero-order valence-corrected chi connectivity index (χ0v) is 13.6. The predicted octanol–water partition coefficient (Wildman–Crippen LogP) is 4.63. The van der Waals surface area contributed by atoms with Gasteiger partial charge >= 0.3 is 0 Å². The van der Waals surface area contributed by atoms with Crippen molar-refractivity contribution in [2.24, 2.45) is 0 Å². The van der Waals surface area contributed by atoms with Crippen molar-refractivity contribution in [1.29, 1.82) is 0 Å². The molecule has 0 aromatic heterocycles. The van der Waals surface area contributed by atoms with Gasteiger partial charge in [-0.15, -0.1) is 0 Å². The van der Waals surface area contributed by atoms with E-state index in [1.807, 2.05) is 60.6 Å². The third kappa shape index (κ3) is 3.03. The minimum atomic E-state index is -0.220. The Balaban J connectivity index is 2.01. The smallest absolute Gasteiger partial charge is 0.174 e.